The van der Waals surface area contributed by atoms with Crippen LogP contribution in [0.2, 0.25) is 0 Å². The van der Waals surface area contributed by atoms with Crippen molar-refractivity contribution in [2.45, 2.75) is 37.2 Å². The van der Waals surface area contributed by atoms with Crippen molar-refractivity contribution in [3.8, 4) is 0 Å². The van der Waals surface area contributed by atoms with Gasteiger partial charge in [-0.25, -0.2) is 4.57 Å². The number of ether oxygens (including phenoxy) is 2. The van der Waals surface area contributed by atoms with E-state index in [2.05, 4.69) is 4.52 Å². The molecule has 6 nitrogen and oxygen atoms in total. The Morgan fingerprint density at radius 2 is 2.38 bits per heavy atom. The molecule has 0 amide bonds. The minimum atomic E-state index is -4.06. The highest BCUT2D eigenvalue weighted by Gasteiger charge is 2.61. The second-order valence-corrected chi connectivity index (χ2v) is 5.47. The molecule has 0 spiro atoms. The molecular weight excluding hydrogens is 234 g/mol. The van der Waals surface area contributed by atoms with Gasteiger partial charge in [-0.2, -0.15) is 0 Å². The zero-order valence-corrected chi connectivity index (χ0v) is 10.1. The highest BCUT2D eigenvalue weighted by atomic mass is 31.2. The number of rotatable bonds is 4. The summed E-state index contributed by atoms with van der Waals surface area (Å²) in [6.45, 7) is 2.20. The maximum atomic E-state index is 11.4. The van der Waals surface area contributed by atoms with E-state index in [1.807, 2.05) is 6.92 Å². The van der Waals surface area contributed by atoms with Gasteiger partial charge in [0.1, 0.15) is 25.7 Å². The van der Waals surface area contributed by atoms with E-state index >= 15 is 0 Å². The molecular formula is C8H14BO6P. The van der Waals surface area contributed by atoms with Crippen LogP contribution in [0.25, 0.3) is 0 Å². The van der Waals surface area contributed by atoms with E-state index in [9.17, 15) is 9.46 Å². The molecule has 90 valence electrons. The Labute approximate surface area is 95.2 Å². The summed E-state index contributed by atoms with van der Waals surface area (Å²) in [6.07, 6.45) is -0.593. The average Bonchev–Trinajstić information content (AvgIpc) is 2.70. The van der Waals surface area contributed by atoms with Crippen LogP contribution in [0.1, 0.15) is 13.3 Å². The Hall–Kier alpha value is 0.0949. The lowest BCUT2D eigenvalue weighted by atomic mass is 9.91. The van der Waals surface area contributed by atoms with Gasteiger partial charge in [0.15, 0.2) is 0 Å². The van der Waals surface area contributed by atoms with Crippen LogP contribution in [0.4, 0.5) is 0 Å². The normalized spacial score (nSPS) is 45.8. The van der Waals surface area contributed by atoms with Crippen molar-refractivity contribution in [3.63, 3.8) is 0 Å². The second kappa shape index (κ2) is 4.08. The van der Waals surface area contributed by atoms with Crippen molar-refractivity contribution in [1.29, 1.82) is 0 Å². The van der Waals surface area contributed by atoms with Crippen molar-refractivity contribution >= 4 is 15.7 Å². The quantitative estimate of drug-likeness (QED) is 0.565. The van der Waals surface area contributed by atoms with Gasteiger partial charge in [0, 0.05) is 13.1 Å². The summed E-state index contributed by atoms with van der Waals surface area (Å²) in [5, 5.41) is 0. The molecule has 2 bridgehead atoms. The van der Waals surface area contributed by atoms with Crippen molar-refractivity contribution in [2.75, 3.05) is 13.7 Å². The summed E-state index contributed by atoms with van der Waals surface area (Å²) in [5.74, 6) is 0. The van der Waals surface area contributed by atoms with Gasteiger partial charge in [0.25, 0.3) is 0 Å². The molecule has 2 radical (unpaired) electrons. The Balaban J connectivity index is 2.18. The van der Waals surface area contributed by atoms with E-state index in [0.717, 1.165) is 7.11 Å². The molecule has 8 heteroatoms. The molecule has 5 atom stereocenters. The minimum Gasteiger partial charge on any atom is -0.374 e. The molecule has 0 aromatic heterocycles. The molecule has 0 aromatic carbocycles. The van der Waals surface area contributed by atoms with Gasteiger partial charge in [0.05, 0.1) is 6.61 Å². The Morgan fingerprint density at radius 3 is 2.88 bits per heavy atom. The Kier molecular flexibility index (Phi) is 3.20. The van der Waals surface area contributed by atoms with Crippen LogP contribution < -0.4 is 0 Å². The maximum Gasteiger partial charge on any atom is 0.472 e. The third kappa shape index (κ3) is 1.86. The fourth-order valence-corrected chi connectivity index (χ4v) is 2.83. The minimum absolute atomic E-state index is 0.316. The Morgan fingerprint density at radius 1 is 1.69 bits per heavy atom. The second-order valence-electron chi connectivity index (χ2n) is 3.95. The van der Waals surface area contributed by atoms with Crippen LogP contribution in [0.15, 0.2) is 0 Å². The molecule has 0 saturated carbocycles. The molecule has 2 fully saturated rings. The number of phosphoric ester groups is 1. The number of hydrogen-bond acceptors (Lipinski definition) is 5. The molecule has 5 unspecified atom stereocenters. The standard InChI is InChI=1S/C8H14BO6P/c1-3-8-4-13-5(7(9)14-8)6(8)15-16(10,11)12-2/h5-7H,3-4H2,1-2H3,(H,10,11). The highest BCUT2D eigenvalue weighted by molar-refractivity contribution is 7.47. The topological polar surface area (TPSA) is 74.2 Å². The van der Waals surface area contributed by atoms with Crippen LogP contribution in [0.5, 0.6) is 0 Å². The molecule has 2 heterocycles. The predicted octanol–water partition coefficient (Wildman–Crippen LogP) is 0.191. The zero-order chi connectivity index (χ0) is 12.0. The van der Waals surface area contributed by atoms with Crippen molar-refractivity contribution in [3.05, 3.63) is 0 Å². The van der Waals surface area contributed by atoms with Gasteiger partial charge in [-0.05, 0) is 6.42 Å². The number of fused-ring (bicyclic) bond motifs is 2. The molecule has 16 heavy (non-hydrogen) atoms. The van der Waals surface area contributed by atoms with Gasteiger partial charge in [-0.3, -0.25) is 9.05 Å². The first-order chi connectivity index (χ1) is 7.44. The highest BCUT2D eigenvalue weighted by Crippen LogP contribution is 2.52. The monoisotopic (exact) mass is 248 g/mol. The van der Waals surface area contributed by atoms with Gasteiger partial charge in [-0.1, -0.05) is 6.92 Å². The first-order valence-corrected chi connectivity index (χ1v) is 6.55. The van der Waals surface area contributed by atoms with E-state index in [4.69, 9.17) is 21.8 Å². The van der Waals surface area contributed by atoms with E-state index in [1.165, 1.54) is 0 Å². The van der Waals surface area contributed by atoms with E-state index < -0.39 is 31.6 Å². The summed E-state index contributed by atoms with van der Waals surface area (Å²) < 4.78 is 31.8. The molecule has 2 aliphatic heterocycles. The Bertz CT molecular complexity index is 326. The molecule has 1 N–H and O–H groups in total. The van der Waals surface area contributed by atoms with Crippen LogP contribution >= 0.6 is 7.82 Å². The van der Waals surface area contributed by atoms with Crippen LogP contribution in [-0.2, 0) is 23.1 Å². The fraction of sp³-hybridized carbons (Fsp3) is 1.00. The molecule has 0 aromatic rings. The first kappa shape index (κ1) is 12.5. The van der Waals surface area contributed by atoms with Crippen LogP contribution in [0.3, 0.4) is 0 Å². The van der Waals surface area contributed by atoms with Crippen molar-refractivity contribution in [2.24, 2.45) is 0 Å². The predicted molar refractivity (Wildman–Crippen MR) is 55.1 cm³/mol. The summed E-state index contributed by atoms with van der Waals surface area (Å²) in [6, 6.07) is -0.629. The third-order valence-corrected chi connectivity index (χ3v) is 4.06. The van der Waals surface area contributed by atoms with E-state index in [-0.39, 0.29) is 0 Å². The lowest BCUT2D eigenvalue weighted by molar-refractivity contribution is -0.118. The van der Waals surface area contributed by atoms with Gasteiger partial charge < -0.3 is 14.4 Å². The van der Waals surface area contributed by atoms with E-state index in [0.29, 0.717) is 13.0 Å². The summed E-state index contributed by atoms with van der Waals surface area (Å²) in [7, 11) is 2.75. The SMILES string of the molecule is [B]C1OC2(CC)COC1C2OP(=O)(O)OC. The first-order valence-electron chi connectivity index (χ1n) is 5.06. The van der Waals surface area contributed by atoms with Gasteiger partial charge in [0.2, 0.25) is 0 Å². The van der Waals surface area contributed by atoms with E-state index in [1.54, 1.807) is 0 Å². The lowest BCUT2D eigenvalue weighted by Crippen LogP contribution is -2.41. The third-order valence-electron chi connectivity index (χ3n) is 3.11. The molecule has 2 rings (SSSR count). The lowest BCUT2D eigenvalue weighted by Gasteiger charge is -2.29. The molecule has 2 saturated heterocycles. The molecule has 0 aliphatic carbocycles. The van der Waals surface area contributed by atoms with Crippen molar-refractivity contribution in [1.82, 2.24) is 0 Å². The molecule has 2 aliphatic rings. The summed E-state index contributed by atoms with van der Waals surface area (Å²) in [4.78, 5) is 9.30. The number of hydrogen-bond donors (Lipinski definition) is 1. The van der Waals surface area contributed by atoms with Gasteiger partial charge in [-0.15, -0.1) is 0 Å². The smallest absolute Gasteiger partial charge is 0.374 e. The van der Waals surface area contributed by atoms with Gasteiger partial charge >= 0.3 is 7.82 Å². The van der Waals surface area contributed by atoms with Crippen LogP contribution in [0, 0.1) is 0 Å². The summed E-state index contributed by atoms with van der Waals surface area (Å²) in [5.41, 5.74) is -0.735. The largest absolute Gasteiger partial charge is 0.472 e. The average molecular weight is 248 g/mol. The van der Waals surface area contributed by atoms with Crippen molar-refractivity contribution < 1.29 is 28.0 Å². The summed E-state index contributed by atoms with van der Waals surface area (Å²) >= 11 is 0. The fourth-order valence-electron chi connectivity index (χ4n) is 2.14. The van der Waals surface area contributed by atoms with Crippen LogP contribution in [-0.4, -0.2) is 50.3 Å². The zero-order valence-electron chi connectivity index (χ0n) is 9.16. The maximum absolute atomic E-state index is 11.4. The number of phosphoric acid groups is 1.